The quantitative estimate of drug-likeness (QED) is 0.224. The molecule has 0 aromatic heterocycles. The fraction of sp³-hybridized carbons (Fsp3) is 0.357. The van der Waals surface area contributed by atoms with Gasteiger partial charge in [-0.25, -0.2) is 0 Å². The van der Waals surface area contributed by atoms with Gasteiger partial charge >= 0.3 is 0 Å². The molecule has 35 heavy (non-hydrogen) atoms. The Hall–Kier alpha value is -3.58. The summed E-state index contributed by atoms with van der Waals surface area (Å²) in [4.78, 5) is 29.7. The fourth-order valence-corrected chi connectivity index (χ4v) is 4.02. The molecule has 0 bridgehead atoms. The first kappa shape index (κ1) is 26.0. The number of carbonyl (C=O) groups is 2. The SMILES string of the molecule is C=CCOc1ccc([C@@H]2C(=C(O)c3ccc(OCCC)cc3C)C(=O)C(=O)N2CCN(C)C)cc1. The highest BCUT2D eigenvalue weighted by molar-refractivity contribution is 6.46. The van der Waals surface area contributed by atoms with Gasteiger partial charge in [-0.3, -0.25) is 9.59 Å². The van der Waals surface area contributed by atoms with E-state index in [2.05, 4.69) is 6.58 Å². The number of ketones is 1. The fourth-order valence-electron chi connectivity index (χ4n) is 4.02. The first-order valence-corrected chi connectivity index (χ1v) is 11.8. The molecular weight excluding hydrogens is 444 g/mol. The van der Waals surface area contributed by atoms with E-state index in [0.29, 0.717) is 43.4 Å². The van der Waals surface area contributed by atoms with Gasteiger partial charge in [0.25, 0.3) is 11.7 Å². The molecule has 0 spiro atoms. The third kappa shape index (κ3) is 5.92. The number of carbonyl (C=O) groups excluding carboxylic acids is 2. The normalized spacial score (nSPS) is 17.2. The highest BCUT2D eigenvalue weighted by Gasteiger charge is 2.46. The third-order valence-corrected chi connectivity index (χ3v) is 5.82. The lowest BCUT2D eigenvalue weighted by molar-refractivity contribution is -0.140. The minimum Gasteiger partial charge on any atom is -0.507 e. The first-order chi connectivity index (χ1) is 16.8. The minimum atomic E-state index is -0.709. The van der Waals surface area contributed by atoms with Gasteiger partial charge in [0.1, 0.15) is 23.9 Å². The highest BCUT2D eigenvalue weighted by Crippen LogP contribution is 2.40. The average Bonchev–Trinajstić information content (AvgIpc) is 3.09. The zero-order valence-electron chi connectivity index (χ0n) is 20.9. The summed E-state index contributed by atoms with van der Waals surface area (Å²) in [6, 6.07) is 11.8. The van der Waals surface area contributed by atoms with Crippen molar-refractivity contribution >= 4 is 17.4 Å². The lowest BCUT2D eigenvalue weighted by Gasteiger charge is -2.26. The number of Topliss-reactive ketones (excluding diaryl/α,β-unsaturated/α-hetero) is 1. The molecule has 0 unspecified atom stereocenters. The van der Waals surface area contributed by atoms with Gasteiger partial charge in [0.05, 0.1) is 18.2 Å². The summed E-state index contributed by atoms with van der Waals surface area (Å²) in [7, 11) is 3.81. The molecule has 1 aliphatic heterocycles. The van der Waals surface area contributed by atoms with Crippen LogP contribution in [0.3, 0.4) is 0 Å². The second kappa shape index (κ2) is 11.7. The standard InChI is InChI=1S/C28H34N2O5/c1-6-16-34-21-10-8-20(9-11-21)25-24(27(32)28(33)30(25)15-14-29(4)5)26(31)23-13-12-22(18-19(23)3)35-17-7-2/h6,8-13,18,25,31H,1,7,14-17H2,2-5H3/t25-/m1/s1. The maximum absolute atomic E-state index is 13.2. The van der Waals surface area contributed by atoms with Crippen LogP contribution in [0, 0.1) is 6.92 Å². The number of aliphatic hydroxyl groups excluding tert-OH is 1. The molecule has 0 radical (unpaired) electrons. The van der Waals surface area contributed by atoms with Crippen molar-refractivity contribution < 1.29 is 24.2 Å². The van der Waals surface area contributed by atoms with E-state index in [4.69, 9.17) is 9.47 Å². The number of hydrogen-bond donors (Lipinski definition) is 1. The lowest BCUT2D eigenvalue weighted by Crippen LogP contribution is -2.35. The van der Waals surface area contributed by atoms with Crippen molar-refractivity contribution in [3.63, 3.8) is 0 Å². The Labute approximate surface area is 207 Å². The molecule has 1 N–H and O–H groups in total. The van der Waals surface area contributed by atoms with Crippen LogP contribution in [0.1, 0.15) is 36.1 Å². The molecule has 1 amide bonds. The van der Waals surface area contributed by atoms with Crippen LogP contribution in [0.4, 0.5) is 0 Å². The molecule has 1 fully saturated rings. The predicted octanol–water partition coefficient (Wildman–Crippen LogP) is 4.33. The second-order valence-corrected chi connectivity index (χ2v) is 8.79. The zero-order valence-corrected chi connectivity index (χ0v) is 20.9. The molecule has 1 atom stereocenters. The molecule has 7 heteroatoms. The van der Waals surface area contributed by atoms with Gasteiger partial charge in [0.15, 0.2) is 0 Å². The zero-order chi connectivity index (χ0) is 25.5. The van der Waals surface area contributed by atoms with Crippen molar-refractivity contribution in [1.82, 2.24) is 9.80 Å². The van der Waals surface area contributed by atoms with E-state index in [1.54, 1.807) is 30.3 Å². The van der Waals surface area contributed by atoms with Crippen LogP contribution >= 0.6 is 0 Å². The molecule has 1 heterocycles. The number of ether oxygens (including phenoxy) is 2. The Kier molecular flexibility index (Phi) is 8.71. The predicted molar refractivity (Wildman–Crippen MR) is 137 cm³/mol. The number of benzene rings is 2. The number of nitrogens with zero attached hydrogens (tertiary/aromatic N) is 2. The second-order valence-electron chi connectivity index (χ2n) is 8.79. The van der Waals surface area contributed by atoms with Crippen molar-refractivity contribution in [1.29, 1.82) is 0 Å². The summed E-state index contributed by atoms with van der Waals surface area (Å²) in [5, 5.41) is 11.3. The van der Waals surface area contributed by atoms with Crippen molar-refractivity contribution in [2.24, 2.45) is 0 Å². The van der Waals surface area contributed by atoms with E-state index in [1.165, 1.54) is 4.90 Å². The summed E-state index contributed by atoms with van der Waals surface area (Å²) in [6.45, 7) is 9.41. The Morgan fingerprint density at radius 1 is 1.11 bits per heavy atom. The number of hydrogen-bond acceptors (Lipinski definition) is 6. The van der Waals surface area contributed by atoms with Crippen LogP contribution in [0.5, 0.6) is 11.5 Å². The van der Waals surface area contributed by atoms with E-state index in [1.807, 2.05) is 51.0 Å². The van der Waals surface area contributed by atoms with Crippen molar-refractivity contribution in [2.45, 2.75) is 26.3 Å². The number of aryl methyl sites for hydroxylation is 1. The Morgan fingerprint density at radius 3 is 2.40 bits per heavy atom. The molecule has 0 saturated carbocycles. The maximum atomic E-state index is 13.2. The van der Waals surface area contributed by atoms with E-state index >= 15 is 0 Å². The number of amides is 1. The maximum Gasteiger partial charge on any atom is 0.295 e. The van der Waals surface area contributed by atoms with Crippen LogP contribution in [-0.4, -0.2) is 67.0 Å². The van der Waals surface area contributed by atoms with E-state index in [9.17, 15) is 14.7 Å². The van der Waals surface area contributed by atoms with Crippen LogP contribution in [0.25, 0.3) is 5.76 Å². The summed E-state index contributed by atoms with van der Waals surface area (Å²) < 4.78 is 11.3. The molecule has 3 rings (SSSR count). The monoisotopic (exact) mass is 478 g/mol. The van der Waals surface area contributed by atoms with Gasteiger partial charge in [-0.1, -0.05) is 31.7 Å². The van der Waals surface area contributed by atoms with Crippen LogP contribution in [-0.2, 0) is 9.59 Å². The smallest absolute Gasteiger partial charge is 0.295 e. The molecule has 7 nitrogen and oxygen atoms in total. The molecule has 186 valence electrons. The first-order valence-electron chi connectivity index (χ1n) is 11.8. The third-order valence-electron chi connectivity index (χ3n) is 5.82. The van der Waals surface area contributed by atoms with E-state index in [0.717, 1.165) is 17.5 Å². The highest BCUT2D eigenvalue weighted by atomic mass is 16.5. The van der Waals surface area contributed by atoms with Gasteiger partial charge in [-0.2, -0.15) is 0 Å². The largest absolute Gasteiger partial charge is 0.507 e. The Bertz CT molecular complexity index is 1100. The number of rotatable bonds is 11. The molecule has 0 aliphatic carbocycles. The summed E-state index contributed by atoms with van der Waals surface area (Å²) in [5.74, 6) is -0.154. The van der Waals surface area contributed by atoms with Gasteiger partial charge in [0.2, 0.25) is 0 Å². The van der Waals surface area contributed by atoms with Crippen LogP contribution in [0.15, 0.2) is 60.7 Å². The minimum absolute atomic E-state index is 0.0823. The molecule has 2 aromatic carbocycles. The molecular formula is C28H34N2O5. The molecule has 2 aromatic rings. The van der Waals surface area contributed by atoms with Gasteiger partial charge in [0, 0.05) is 18.7 Å². The van der Waals surface area contributed by atoms with Gasteiger partial charge in [-0.15, -0.1) is 0 Å². The molecule has 1 saturated heterocycles. The summed E-state index contributed by atoms with van der Waals surface area (Å²) >= 11 is 0. The van der Waals surface area contributed by atoms with Crippen LogP contribution < -0.4 is 9.47 Å². The Balaban J connectivity index is 2.07. The van der Waals surface area contributed by atoms with Crippen molar-refractivity contribution in [3.8, 4) is 11.5 Å². The van der Waals surface area contributed by atoms with Crippen LogP contribution in [0.2, 0.25) is 0 Å². The van der Waals surface area contributed by atoms with E-state index in [-0.39, 0.29) is 11.3 Å². The van der Waals surface area contributed by atoms with Gasteiger partial charge in [-0.05, 0) is 68.9 Å². The number of aliphatic hydroxyl groups is 1. The van der Waals surface area contributed by atoms with Gasteiger partial charge < -0.3 is 24.4 Å². The van der Waals surface area contributed by atoms with Crippen molar-refractivity contribution in [2.75, 3.05) is 40.4 Å². The summed E-state index contributed by atoms with van der Waals surface area (Å²) in [5.41, 5.74) is 2.05. The Morgan fingerprint density at radius 2 is 1.80 bits per heavy atom. The molecule has 1 aliphatic rings. The topological polar surface area (TPSA) is 79.3 Å². The van der Waals surface area contributed by atoms with E-state index < -0.39 is 17.7 Å². The average molecular weight is 479 g/mol. The number of likely N-dealkylation sites (N-methyl/N-ethyl adjacent to an activating group) is 1. The van der Waals surface area contributed by atoms with Crippen molar-refractivity contribution in [3.05, 3.63) is 77.4 Å². The summed E-state index contributed by atoms with van der Waals surface area (Å²) in [6.07, 6.45) is 2.54. The number of likely N-dealkylation sites (tertiary alicyclic amines) is 1. The lowest BCUT2D eigenvalue weighted by atomic mass is 9.94.